The van der Waals surface area contributed by atoms with Crippen LogP contribution in [0.25, 0.3) is 0 Å². The first-order valence-electron chi connectivity index (χ1n) is 7.22. The molecule has 0 saturated carbocycles. The number of anilines is 1. The van der Waals surface area contributed by atoms with E-state index < -0.39 is 10.0 Å². The van der Waals surface area contributed by atoms with Crippen molar-refractivity contribution in [1.82, 2.24) is 9.78 Å². The van der Waals surface area contributed by atoms with E-state index in [-0.39, 0.29) is 4.21 Å². The number of sulfonamides is 1. The Kier molecular flexibility index (Phi) is 4.67. The lowest BCUT2D eigenvalue weighted by atomic mass is 10.2. The molecule has 0 amide bonds. The number of benzene rings is 1. The fraction of sp³-hybridized carbons (Fsp3) is 0.188. The maximum Gasteiger partial charge on any atom is 0.271 e. The van der Waals surface area contributed by atoms with Crippen molar-refractivity contribution in [3.05, 3.63) is 63.8 Å². The van der Waals surface area contributed by atoms with Crippen LogP contribution >= 0.6 is 22.9 Å². The Hall–Kier alpha value is -1.83. The van der Waals surface area contributed by atoms with Gasteiger partial charge in [-0.2, -0.15) is 5.10 Å². The first-order valence-corrected chi connectivity index (χ1v) is 9.89. The minimum absolute atomic E-state index is 0.191. The van der Waals surface area contributed by atoms with Crippen molar-refractivity contribution >= 4 is 38.6 Å². The summed E-state index contributed by atoms with van der Waals surface area (Å²) in [5.74, 6) is 0. The summed E-state index contributed by atoms with van der Waals surface area (Å²) >= 11 is 6.84. The molecule has 1 N–H and O–H groups in total. The minimum Gasteiger partial charge on any atom is -0.279 e. The molecule has 2 heterocycles. The van der Waals surface area contributed by atoms with Crippen molar-refractivity contribution in [3.63, 3.8) is 0 Å². The second-order valence-electron chi connectivity index (χ2n) is 5.45. The summed E-state index contributed by atoms with van der Waals surface area (Å²) in [6, 6.07) is 12.4. The molecule has 3 aromatic rings. The van der Waals surface area contributed by atoms with Crippen LogP contribution in [0, 0.1) is 13.8 Å². The Morgan fingerprint density at radius 2 is 2.00 bits per heavy atom. The first kappa shape index (κ1) is 17.0. The summed E-state index contributed by atoms with van der Waals surface area (Å²) in [6.07, 6.45) is 0. The molecule has 0 aliphatic heterocycles. The second-order valence-corrected chi connectivity index (χ2v) is 9.07. The molecule has 0 saturated heterocycles. The standard InChI is InChI=1S/C16H16ClN3O2S2/c1-11-8-12(2)20(18-11)10-13-4-3-5-14(9-13)19-24(21,22)16-7-6-15(17)23-16/h3-9,19H,10H2,1-2H3. The van der Waals surface area contributed by atoms with Gasteiger partial charge in [0.15, 0.2) is 0 Å². The van der Waals surface area contributed by atoms with Crippen LogP contribution in [0.3, 0.4) is 0 Å². The molecule has 0 fully saturated rings. The van der Waals surface area contributed by atoms with Gasteiger partial charge in [-0.3, -0.25) is 9.40 Å². The highest BCUT2D eigenvalue weighted by Gasteiger charge is 2.17. The third-order valence-electron chi connectivity index (χ3n) is 3.43. The molecular weight excluding hydrogens is 366 g/mol. The smallest absolute Gasteiger partial charge is 0.271 e. The zero-order chi connectivity index (χ0) is 17.3. The molecule has 2 aromatic heterocycles. The molecule has 0 spiro atoms. The Labute approximate surface area is 150 Å². The number of hydrogen-bond acceptors (Lipinski definition) is 4. The number of nitrogens with one attached hydrogen (secondary N) is 1. The number of nitrogens with zero attached hydrogens (tertiary/aromatic N) is 2. The molecule has 1 aromatic carbocycles. The predicted molar refractivity (Wildman–Crippen MR) is 97.4 cm³/mol. The SMILES string of the molecule is Cc1cc(C)n(Cc2cccc(NS(=O)(=O)c3ccc(Cl)s3)c2)n1. The van der Waals surface area contributed by atoms with Crippen molar-refractivity contribution in [1.29, 1.82) is 0 Å². The van der Waals surface area contributed by atoms with Crippen LogP contribution in [0.5, 0.6) is 0 Å². The Morgan fingerprint density at radius 3 is 2.62 bits per heavy atom. The fourth-order valence-electron chi connectivity index (χ4n) is 2.39. The number of aryl methyl sites for hydroxylation is 2. The highest BCUT2D eigenvalue weighted by atomic mass is 35.5. The van der Waals surface area contributed by atoms with Crippen LogP contribution in [-0.2, 0) is 16.6 Å². The minimum atomic E-state index is -3.62. The molecule has 0 unspecified atom stereocenters. The summed E-state index contributed by atoms with van der Waals surface area (Å²) in [4.78, 5) is 0. The molecule has 3 rings (SSSR count). The van der Waals surface area contributed by atoms with Gasteiger partial charge in [0.25, 0.3) is 10.0 Å². The molecule has 0 aliphatic carbocycles. The van der Waals surface area contributed by atoms with Crippen LogP contribution in [0.4, 0.5) is 5.69 Å². The Morgan fingerprint density at radius 1 is 1.21 bits per heavy atom. The normalized spacial score (nSPS) is 11.6. The predicted octanol–water partition coefficient (Wildman–Crippen LogP) is 4.06. The van der Waals surface area contributed by atoms with Gasteiger partial charge in [-0.1, -0.05) is 23.7 Å². The van der Waals surface area contributed by atoms with Crippen molar-refractivity contribution in [2.45, 2.75) is 24.6 Å². The highest BCUT2D eigenvalue weighted by Crippen LogP contribution is 2.27. The van der Waals surface area contributed by atoms with Crippen molar-refractivity contribution in [2.24, 2.45) is 0 Å². The quantitative estimate of drug-likeness (QED) is 0.724. The van der Waals surface area contributed by atoms with Gasteiger partial charge < -0.3 is 0 Å². The van der Waals surface area contributed by atoms with Crippen LogP contribution in [-0.4, -0.2) is 18.2 Å². The highest BCUT2D eigenvalue weighted by molar-refractivity contribution is 7.94. The van der Waals surface area contributed by atoms with E-state index in [9.17, 15) is 8.42 Å². The lowest BCUT2D eigenvalue weighted by Crippen LogP contribution is -2.12. The van der Waals surface area contributed by atoms with Gasteiger partial charge in [0.05, 0.1) is 16.6 Å². The lowest BCUT2D eigenvalue weighted by molar-refractivity contribution is 0.603. The van der Waals surface area contributed by atoms with E-state index in [1.807, 2.05) is 42.8 Å². The van der Waals surface area contributed by atoms with E-state index in [2.05, 4.69) is 9.82 Å². The average molecular weight is 382 g/mol. The summed E-state index contributed by atoms with van der Waals surface area (Å²) in [6.45, 7) is 4.52. The van der Waals surface area contributed by atoms with Crippen LogP contribution in [0.1, 0.15) is 17.0 Å². The van der Waals surface area contributed by atoms with E-state index in [1.165, 1.54) is 6.07 Å². The largest absolute Gasteiger partial charge is 0.279 e. The van der Waals surface area contributed by atoms with Crippen LogP contribution < -0.4 is 4.72 Å². The number of halogens is 1. The van der Waals surface area contributed by atoms with Crippen molar-refractivity contribution in [3.8, 4) is 0 Å². The molecule has 5 nitrogen and oxygen atoms in total. The third-order valence-corrected chi connectivity index (χ3v) is 6.53. The van der Waals surface area contributed by atoms with Gasteiger partial charge in [0, 0.05) is 11.4 Å². The van der Waals surface area contributed by atoms with E-state index >= 15 is 0 Å². The second kappa shape index (κ2) is 6.58. The van der Waals surface area contributed by atoms with E-state index in [4.69, 9.17) is 11.6 Å². The monoisotopic (exact) mass is 381 g/mol. The summed E-state index contributed by atoms with van der Waals surface area (Å²) in [7, 11) is -3.62. The zero-order valence-electron chi connectivity index (χ0n) is 13.2. The van der Waals surface area contributed by atoms with Gasteiger partial charge in [-0.05, 0) is 49.7 Å². The summed E-state index contributed by atoms with van der Waals surface area (Å²) in [5.41, 5.74) is 3.50. The summed E-state index contributed by atoms with van der Waals surface area (Å²) in [5, 5.41) is 4.43. The maximum absolute atomic E-state index is 12.4. The fourth-order valence-corrected chi connectivity index (χ4v) is 4.92. The molecule has 0 radical (unpaired) electrons. The number of hydrogen-bond donors (Lipinski definition) is 1. The molecule has 0 atom stereocenters. The van der Waals surface area contributed by atoms with E-state index in [0.717, 1.165) is 28.3 Å². The van der Waals surface area contributed by atoms with Gasteiger partial charge >= 0.3 is 0 Å². The molecule has 0 bridgehead atoms. The lowest BCUT2D eigenvalue weighted by Gasteiger charge is -2.09. The molecule has 24 heavy (non-hydrogen) atoms. The Balaban J connectivity index is 1.82. The Bertz CT molecular complexity index is 977. The van der Waals surface area contributed by atoms with Crippen LogP contribution in [0.2, 0.25) is 4.34 Å². The molecule has 8 heteroatoms. The van der Waals surface area contributed by atoms with E-state index in [0.29, 0.717) is 16.6 Å². The molecule has 126 valence electrons. The topological polar surface area (TPSA) is 64.0 Å². The zero-order valence-corrected chi connectivity index (χ0v) is 15.5. The van der Waals surface area contributed by atoms with Crippen molar-refractivity contribution < 1.29 is 8.42 Å². The summed E-state index contributed by atoms with van der Waals surface area (Å²) < 4.78 is 29.8. The van der Waals surface area contributed by atoms with Crippen LogP contribution in [0.15, 0.2) is 46.7 Å². The first-order chi connectivity index (χ1) is 11.3. The molecular formula is C16H16ClN3O2S2. The van der Waals surface area contributed by atoms with Gasteiger partial charge in [0.1, 0.15) is 4.21 Å². The van der Waals surface area contributed by atoms with Crippen molar-refractivity contribution in [2.75, 3.05) is 4.72 Å². The number of thiophene rings is 1. The van der Waals surface area contributed by atoms with Gasteiger partial charge in [-0.25, -0.2) is 8.42 Å². The van der Waals surface area contributed by atoms with E-state index in [1.54, 1.807) is 12.1 Å². The third kappa shape index (κ3) is 3.80. The molecule has 0 aliphatic rings. The number of aromatic nitrogens is 2. The average Bonchev–Trinajstić information content (AvgIpc) is 3.06. The van der Waals surface area contributed by atoms with Gasteiger partial charge in [-0.15, -0.1) is 11.3 Å². The van der Waals surface area contributed by atoms with Gasteiger partial charge in [0.2, 0.25) is 0 Å². The number of rotatable bonds is 5. The maximum atomic E-state index is 12.4.